The third-order valence-corrected chi connectivity index (χ3v) is 8.44. The Morgan fingerprint density at radius 3 is 2.11 bits per heavy atom. The Bertz CT molecular complexity index is 383. The van der Waals surface area contributed by atoms with E-state index in [0.717, 1.165) is 0 Å². The first kappa shape index (κ1) is 14.7. The molecule has 3 heteroatoms. The highest BCUT2D eigenvalue weighted by molar-refractivity contribution is 8.34. The monoisotopic (exact) mass is 298 g/mol. The zero-order chi connectivity index (χ0) is 13.2. The van der Waals surface area contributed by atoms with Gasteiger partial charge in [-0.1, -0.05) is 52.0 Å². The fraction of sp³-hybridized carbons (Fsp3) is 0.600. The van der Waals surface area contributed by atoms with Crippen molar-refractivity contribution >= 4 is 35.3 Å². The molecule has 1 aromatic carbocycles. The summed E-state index contributed by atoms with van der Waals surface area (Å²) in [4.78, 5) is 0. The van der Waals surface area contributed by atoms with Crippen LogP contribution < -0.4 is 0 Å². The maximum Gasteiger partial charge on any atom is 0.132 e. The second-order valence-electron chi connectivity index (χ2n) is 5.51. The van der Waals surface area contributed by atoms with E-state index in [1.54, 1.807) is 0 Å². The Morgan fingerprint density at radius 2 is 1.67 bits per heavy atom. The van der Waals surface area contributed by atoms with Crippen LogP contribution >= 0.6 is 35.3 Å². The van der Waals surface area contributed by atoms with Gasteiger partial charge in [0.2, 0.25) is 0 Å². The van der Waals surface area contributed by atoms with E-state index < -0.39 is 0 Å². The first-order valence-corrected chi connectivity index (χ1v) is 9.46. The Hall–Kier alpha value is 0.270. The average molecular weight is 299 g/mol. The van der Waals surface area contributed by atoms with Gasteiger partial charge >= 0.3 is 0 Å². The normalized spacial score (nSPS) is 19.1. The topological polar surface area (TPSA) is 0 Å². The van der Waals surface area contributed by atoms with Crippen molar-refractivity contribution in [2.24, 2.45) is 0 Å². The highest BCUT2D eigenvalue weighted by Crippen LogP contribution is 2.59. The molecule has 18 heavy (non-hydrogen) atoms. The molecule has 0 N–H and O–H groups in total. The summed E-state index contributed by atoms with van der Waals surface area (Å²) in [5, 5.41) is 0. The molecule has 0 spiro atoms. The molecule has 0 radical (unpaired) electrons. The molecule has 0 aliphatic carbocycles. The molecule has 1 heterocycles. The zero-order valence-corrected chi connectivity index (χ0v) is 14.1. The lowest BCUT2D eigenvalue weighted by Crippen LogP contribution is -2.13. The van der Waals surface area contributed by atoms with E-state index in [0.29, 0.717) is 0 Å². The number of thioether (sulfide) groups is 3. The SMILES string of the molecule is CCSC1(c2ccc(C(C)(C)C)cc2)SCCS1. The van der Waals surface area contributed by atoms with Crippen LogP contribution in [0.2, 0.25) is 0 Å². The van der Waals surface area contributed by atoms with E-state index in [-0.39, 0.29) is 8.83 Å². The average Bonchev–Trinajstić information content (AvgIpc) is 2.78. The van der Waals surface area contributed by atoms with Crippen LogP contribution in [-0.4, -0.2) is 17.3 Å². The summed E-state index contributed by atoms with van der Waals surface area (Å²) >= 11 is 6.29. The fourth-order valence-corrected chi connectivity index (χ4v) is 7.29. The van der Waals surface area contributed by atoms with Gasteiger partial charge in [-0.3, -0.25) is 0 Å². The second-order valence-corrected chi connectivity index (χ2v) is 10.4. The number of hydrogen-bond donors (Lipinski definition) is 0. The van der Waals surface area contributed by atoms with E-state index in [1.165, 1.54) is 28.4 Å². The molecule has 0 unspecified atom stereocenters. The first-order valence-electron chi connectivity index (χ1n) is 6.51. The van der Waals surface area contributed by atoms with E-state index >= 15 is 0 Å². The molecule has 0 nitrogen and oxygen atoms in total. The van der Waals surface area contributed by atoms with Crippen molar-refractivity contribution in [2.45, 2.75) is 36.5 Å². The van der Waals surface area contributed by atoms with Gasteiger partial charge in [0, 0.05) is 11.5 Å². The minimum Gasteiger partial charge on any atom is -0.129 e. The molecule has 0 atom stereocenters. The van der Waals surface area contributed by atoms with Gasteiger partial charge in [-0.15, -0.1) is 35.3 Å². The smallest absolute Gasteiger partial charge is 0.129 e. The predicted molar refractivity (Wildman–Crippen MR) is 89.9 cm³/mol. The summed E-state index contributed by atoms with van der Waals surface area (Å²) in [6, 6.07) is 9.31. The van der Waals surface area contributed by atoms with Gasteiger partial charge in [-0.05, 0) is 22.3 Å². The van der Waals surface area contributed by atoms with Gasteiger partial charge in [0.1, 0.15) is 3.41 Å². The van der Waals surface area contributed by atoms with Crippen molar-refractivity contribution in [3.63, 3.8) is 0 Å². The van der Waals surface area contributed by atoms with E-state index in [1.807, 2.05) is 0 Å². The Labute approximate surface area is 124 Å². The summed E-state index contributed by atoms with van der Waals surface area (Å²) in [5.41, 5.74) is 3.16. The van der Waals surface area contributed by atoms with Gasteiger partial charge in [0.25, 0.3) is 0 Å². The summed E-state index contributed by atoms with van der Waals surface area (Å²) in [7, 11) is 0. The van der Waals surface area contributed by atoms with E-state index in [9.17, 15) is 0 Å². The van der Waals surface area contributed by atoms with E-state index in [4.69, 9.17) is 0 Å². The molecule has 100 valence electrons. The standard InChI is InChI=1S/C15H22S3/c1-5-16-15(17-10-11-18-15)13-8-6-12(7-9-13)14(2,3)4/h6-9H,5,10-11H2,1-4H3. The molecule has 1 fully saturated rings. The number of hydrogen-bond acceptors (Lipinski definition) is 3. The summed E-state index contributed by atoms with van der Waals surface area (Å²) in [6.07, 6.45) is 0. The van der Waals surface area contributed by atoms with Crippen molar-refractivity contribution < 1.29 is 0 Å². The number of rotatable bonds is 3. The molecule has 2 rings (SSSR count). The van der Waals surface area contributed by atoms with Gasteiger partial charge in [0.15, 0.2) is 0 Å². The van der Waals surface area contributed by atoms with Gasteiger partial charge in [-0.2, -0.15) is 0 Å². The molecule has 0 amide bonds. The summed E-state index contributed by atoms with van der Waals surface area (Å²) < 4.78 is 0.255. The fourth-order valence-electron chi connectivity index (χ4n) is 2.09. The lowest BCUT2D eigenvalue weighted by molar-refractivity contribution is 0.590. The van der Waals surface area contributed by atoms with Crippen LogP contribution in [0.15, 0.2) is 24.3 Å². The lowest BCUT2D eigenvalue weighted by Gasteiger charge is -2.28. The van der Waals surface area contributed by atoms with Crippen molar-refractivity contribution in [2.75, 3.05) is 17.3 Å². The largest absolute Gasteiger partial charge is 0.132 e. The first-order chi connectivity index (χ1) is 8.48. The molecule has 1 aromatic rings. The molecular formula is C15H22S3. The Kier molecular flexibility index (Phi) is 4.66. The molecule has 1 aliphatic rings. The van der Waals surface area contributed by atoms with Crippen molar-refractivity contribution in [1.82, 2.24) is 0 Å². The highest BCUT2D eigenvalue weighted by atomic mass is 32.3. The van der Waals surface area contributed by atoms with Crippen molar-refractivity contribution in [1.29, 1.82) is 0 Å². The van der Waals surface area contributed by atoms with E-state index in [2.05, 4.69) is 87.2 Å². The van der Waals surface area contributed by atoms with Crippen molar-refractivity contribution in [3.8, 4) is 0 Å². The molecule has 0 aromatic heterocycles. The third-order valence-electron chi connectivity index (χ3n) is 3.11. The predicted octanol–water partition coefficient (Wildman–Crippen LogP) is 5.33. The Balaban J connectivity index is 2.27. The minimum absolute atomic E-state index is 0.250. The quantitative estimate of drug-likeness (QED) is 0.740. The molecule has 1 saturated heterocycles. The maximum atomic E-state index is 2.34. The molecule has 1 aliphatic heterocycles. The van der Waals surface area contributed by atoms with Crippen molar-refractivity contribution in [3.05, 3.63) is 35.4 Å². The molecule has 0 saturated carbocycles. The van der Waals surface area contributed by atoms with Gasteiger partial charge in [0.05, 0.1) is 0 Å². The summed E-state index contributed by atoms with van der Waals surface area (Å²) in [5.74, 6) is 3.73. The Morgan fingerprint density at radius 1 is 1.11 bits per heavy atom. The molecule has 0 bridgehead atoms. The second kappa shape index (κ2) is 5.72. The van der Waals surface area contributed by atoms with Crippen LogP contribution in [-0.2, 0) is 8.83 Å². The lowest BCUT2D eigenvalue weighted by atomic mass is 9.87. The van der Waals surface area contributed by atoms with Crippen LogP contribution in [0.1, 0.15) is 38.8 Å². The van der Waals surface area contributed by atoms with Crippen LogP contribution in [0.3, 0.4) is 0 Å². The van der Waals surface area contributed by atoms with Crippen LogP contribution in [0.25, 0.3) is 0 Å². The third kappa shape index (κ3) is 3.05. The summed E-state index contributed by atoms with van der Waals surface area (Å²) in [6.45, 7) is 9.09. The van der Waals surface area contributed by atoms with Crippen LogP contribution in [0, 0.1) is 0 Å². The van der Waals surface area contributed by atoms with Gasteiger partial charge in [-0.25, -0.2) is 0 Å². The zero-order valence-electron chi connectivity index (χ0n) is 11.7. The maximum absolute atomic E-state index is 2.34. The van der Waals surface area contributed by atoms with Crippen LogP contribution in [0.5, 0.6) is 0 Å². The molecular weight excluding hydrogens is 276 g/mol. The number of benzene rings is 1. The van der Waals surface area contributed by atoms with Crippen LogP contribution in [0.4, 0.5) is 0 Å². The highest BCUT2D eigenvalue weighted by Gasteiger charge is 2.37. The minimum atomic E-state index is 0.250. The van der Waals surface area contributed by atoms with Gasteiger partial charge < -0.3 is 0 Å².